The standard InChI is InChI=1S/C24H23ClO2/c25-13-10-24(11-14-26-15-12-24)22-6-3-7-23(17-22)27-18-19-8-9-20-4-1-2-5-21(20)16-19/h1-10,13,16-17H,11-12,14-15,18H2. The van der Waals surface area contributed by atoms with Gasteiger partial charge in [0.05, 0.1) is 0 Å². The topological polar surface area (TPSA) is 18.5 Å². The van der Waals surface area contributed by atoms with Gasteiger partial charge in [0.15, 0.2) is 0 Å². The third kappa shape index (κ3) is 4.02. The zero-order valence-corrected chi connectivity index (χ0v) is 16.0. The van der Waals surface area contributed by atoms with Crippen LogP contribution in [0.2, 0.25) is 0 Å². The molecule has 0 atom stereocenters. The number of halogens is 1. The highest BCUT2D eigenvalue weighted by atomic mass is 35.5. The van der Waals surface area contributed by atoms with E-state index >= 15 is 0 Å². The van der Waals surface area contributed by atoms with Crippen LogP contribution in [0.25, 0.3) is 10.8 Å². The van der Waals surface area contributed by atoms with Crippen molar-refractivity contribution in [1.82, 2.24) is 0 Å². The van der Waals surface area contributed by atoms with Gasteiger partial charge in [-0.25, -0.2) is 0 Å². The zero-order chi connectivity index (χ0) is 18.5. The highest BCUT2D eigenvalue weighted by Gasteiger charge is 2.32. The lowest BCUT2D eigenvalue weighted by molar-refractivity contribution is 0.0653. The second-order valence-corrected chi connectivity index (χ2v) is 7.31. The average Bonchev–Trinajstić information content (AvgIpc) is 2.73. The molecule has 0 spiro atoms. The predicted octanol–water partition coefficient (Wildman–Crippen LogP) is 6.22. The Labute approximate surface area is 165 Å². The number of rotatable bonds is 5. The Morgan fingerprint density at radius 1 is 0.926 bits per heavy atom. The van der Waals surface area contributed by atoms with Crippen LogP contribution in [0.1, 0.15) is 24.0 Å². The summed E-state index contributed by atoms with van der Waals surface area (Å²) in [7, 11) is 0. The largest absolute Gasteiger partial charge is 0.489 e. The second kappa shape index (κ2) is 8.16. The summed E-state index contributed by atoms with van der Waals surface area (Å²) >= 11 is 5.95. The molecule has 1 aliphatic rings. The summed E-state index contributed by atoms with van der Waals surface area (Å²) < 4.78 is 11.7. The molecule has 0 saturated carbocycles. The van der Waals surface area contributed by atoms with E-state index < -0.39 is 0 Å². The highest BCUT2D eigenvalue weighted by molar-refractivity contribution is 6.25. The normalized spacial score (nSPS) is 16.6. The summed E-state index contributed by atoms with van der Waals surface area (Å²) in [5, 5.41) is 2.48. The fraction of sp³-hybridized carbons (Fsp3) is 0.250. The fourth-order valence-corrected chi connectivity index (χ4v) is 4.04. The number of fused-ring (bicyclic) bond motifs is 1. The van der Waals surface area contributed by atoms with Crippen molar-refractivity contribution in [3.63, 3.8) is 0 Å². The van der Waals surface area contributed by atoms with Crippen LogP contribution in [0.3, 0.4) is 0 Å². The Balaban J connectivity index is 1.53. The van der Waals surface area contributed by atoms with Crippen LogP contribution in [0, 0.1) is 0 Å². The number of benzene rings is 3. The zero-order valence-electron chi connectivity index (χ0n) is 15.2. The quantitative estimate of drug-likeness (QED) is 0.524. The van der Waals surface area contributed by atoms with Gasteiger partial charge in [0.1, 0.15) is 12.4 Å². The van der Waals surface area contributed by atoms with Crippen LogP contribution in [0.5, 0.6) is 5.75 Å². The molecular weight excluding hydrogens is 356 g/mol. The van der Waals surface area contributed by atoms with Gasteiger partial charge in [-0.3, -0.25) is 0 Å². The summed E-state index contributed by atoms with van der Waals surface area (Å²) in [5.41, 5.74) is 3.97. The predicted molar refractivity (Wildman–Crippen MR) is 111 cm³/mol. The molecule has 27 heavy (non-hydrogen) atoms. The van der Waals surface area contributed by atoms with Gasteiger partial charge in [-0.05, 0) is 52.9 Å². The molecule has 3 heteroatoms. The van der Waals surface area contributed by atoms with Crippen molar-refractivity contribution in [2.24, 2.45) is 0 Å². The summed E-state index contributed by atoms with van der Waals surface area (Å²) in [6.45, 7) is 2.06. The number of ether oxygens (including phenoxy) is 2. The molecule has 138 valence electrons. The fourth-order valence-electron chi connectivity index (χ4n) is 3.80. The molecule has 0 bridgehead atoms. The number of hydrogen-bond acceptors (Lipinski definition) is 2. The van der Waals surface area contributed by atoms with E-state index in [1.54, 1.807) is 5.54 Å². The lowest BCUT2D eigenvalue weighted by Gasteiger charge is -2.35. The Morgan fingerprint density at radius 2 is 1.74 bits per heavy atom. The minimum Gasteiger partial charge on any atom is -0.489 e. The van der Waals surface area contributed by atoms with Crippen molar-refractivity contribution in [2.45, 2.75) is 24.9 Å². The third-order valence-corrected chi connectivity index (χ3v) is 5.52. The summed E-state index contributed by atoms with van der Waals surface area (Å²) in [6, 6.07) is 23.2. The third-order valence-electron chi connectivity index (χ3n) is 5.40. The molecule has 0 amide bonds. The van der Waals surface area contributed by atoms with Crippen molar-refractivity contribution >= 4 is 22.4 Å². The first-order valence-electron chi connectivity index (χ1n) is 9.36. The van der Waals surface area contributed by atoms with Crippen molar-refractivity contribution in [3.8, 4) is 5.75 Å². The van der Waals surface area contributed by atoms with E-state index in [1.807, 2.05) is 6.07 Å². The molecule has 1 saturated heterocycles. The van der Waals surface area contributed by atoms with Crippen molar-refractivity contribution in [2.75, 3.05) is 13.2 Å². The first kappa shape index (κ1) is 18.1. The second-order valence-electron chi connectivity index (χ2n) is 7.06. The van der Waals surface area contributed by atoms with Gasteiger partial charge in [0.25, 0.3) is 0 Å². The van der Waals surface area contributed by atoms with Crippen LogP contribution >= 0.6 is 11.6 Å². The van der Waals surface area contributed by atoms with E-state index in [0.29, 0.717) is 6.61 Å². The Morgan fingerprint density at radius 3 is 2.56 bits per heavy atom. The van der Waals surface area contributed by atoms with Gasteiger partial charge >= 0.3 is 0 Å². The molecule has 1 heterocycles. The van der Waals surface area contributed by atoms with Gasteiger partial charge in [-0.2, -0.15) is 0 Å². The van der Waals surface area contributed by atoms with Gasteiger partial charge < -0.3 is 9.47 Å². The Bertz CT molecular complexity index is 942. The number of hydrogen-bond donors (Lipinski definition) is 0. The highest BCUT2D eigenvalue weighted by Crippen LogP contribution is 2.38. The summed E-state index contributed by atoms with van der Waals surface area (Å²) in [5.74, 6) is 0.884. The Hall–Kier alpha value is -2.29. The van der Waals surface area contributed by atoms with Gasteiger partial charge in [0, 0.05) is 24.2 Å². The van der Waals surface area contributed by atoms with Crippen LogP contribution in [-0.2, 0) is 16.8 Å². The lowest BCUT2D eigenvalue weighted by atomic mass is 9.74. The van der Waals surface area contributed by atoms with Gasteiger partial charge in [-0.15, -0.1) is 0 Å². The van der Waals surface area contributed by atoms with E-state index in [9.17, 15) is 0 Å². The van der Waals surface area contributed by atoms with E-state index in [1.165, 1.54) is 21.9 Å². The summed E-state index contributed by atoms with van der Waals surface area (Å²) in [6.07, 6.45) is 3.97. The average molecular weight is 379 g/mol. The van der Waals surface area contributed by atoms with E-state index in [2.05, 4.69) is 66.7 Å². The molecule has 0 N–H and O–H groups in total. The molecule has 1 fully saturated rings. The summed E-state index contributed by atoms with van der Waals surface area (Å²) in [4.78, 5) is 0. The van der Waals surface area contributed by atoms with Crippen molar-refractivity contribution in [1.29, 1.82) is 0 Å². The van der Waals surface area contributed by atoms with E-state index in [0.717, 1.165) is 31.8 Å². The van der Waals surface area contributed by atoms with Crippen LogP contribution in [0.15, 0.2) is 78.3 Å². The molecule has 1 aliphatic heterocycles. The van der Waals surface area contributed by atoms with Crippen molar-refractivity contribution in [3.05, 3.63) is 89.5 Å². The molecule has 3 aromatic carbocycles. The molecule has 4 rings (SSSR count). The molecule has 0 unspecified atom stereocenters. The molecule has 2 nitrogen and oxygen atoms in total. The number of allylic oxidation sites excluding steroid dienone is 1. The van der Waals surface area contributed by atoms with Crippen molar-refractivity contribution < 1.29 is 9.47 Å². The van der Waals surface area contributed by atoms with Crippen LogP contribution in [-0.4, -0.2) is 13.2 Å². The molecular formula is C24H23ClO2. The van der Waals surface area contributed by atoms with E-state index in [-0.39, 0.29) is 5.41 Å². The smallest absolute Gasteiger partial charge is 0.120 e. The maximum atomic E-state index is 6.11. The SMILES string of the molecule is ClC=CC1(c2cccc(OCc3ccc4ccccc4c3)c2)CCOCC1. The minimum absolute atomic E-state index is 0.0671. The van der Waals surface area contributed by atoms with Crippen LogP contribution < -0.4 is 4.74 Å². The Kier molecular flexibility index (Phi) is 5.47. The van der Waals surface area contributed by atoms with E-state index in [4.69, 9.17) is 21.1 Å². The minimum atomic E-state index is -0.0671. The van der Waals surface area contributed by atoms with Gasteiger partial charge in [0.2, 0.25) is 0 Å². The lowest BCUT2D eigenvalue weighted by Crippen LogP contribution is -2.31. The first-order valence-corrected chi connectivity index (χ1v) is 9.79. The molecule has 0 aromatic heterocycles. The molecule has 0 radical (unpaired) electrons. The molecule has 0 aliphatic carbocycles. The molecule has 3 aromatic rings. The van der Waals surface area contributed by atoms with Gasteiger partial charge in [-0.1, -0.05) is 66.2 Å². The first-order chi connectivity index (χ1) is 13.3. The van der Waals surface area contributed by atoms with Crippen LogP contribution in [0.4, 0.5) is 0 Å². The maximum absolute atomic E-state index is 6.11. The maximum Gasteiger partial charge on any atom is 0.120 e. The monoisotopic (exact) mass is 378 g/mol.